The van der Waals surface area contributed by atoms with Gasteiger partial charge in [0.1, 0.15) is 0 Å². The van der Waals surface area contributed by atoms with Crippen molar-refractivity contribution in [2.45, 2.75) is 272 Å². The summed E-state index contributed by atoms with van der Waals surface area (Å²) in [6.07, 6.45) is 48.8. The van der Waals surface area contributed by atoms with Gasteiger partial charge in [0.25, 0.3) is 0 Å². The first-order valence-electron chi connectivity index (χ1n) is 25.9. The van der Waals surface area contributed by atoms with Gasteiger partial charge in [0, 0.05) is 11.9 Å². The van der Waals surface area contributed by atoms with E-state index < -0.39 is 11.9 Å². The van der Waals surface area contributed by atoms with E-state index in [1.54, 1.807) is 0 Å². The van der Waals surface area contributed by atoms with Crippen molar-refractivity contribution in [2.24, 2.45) is 0 Å². The first-order valence-corrected chi connectivity index (χ1v) is 25.9. The molecule has 0 aliphatic rings. The Kier molecular flexibility index (Phi) is 51.2. The van der Waals surface area contributed by atoms with Crippen molar-refractivity contribution in [3.8, 4) is 0 Å². The molecule has 0 saturated heterocycles. The summed E-state index contributed by atoms with van der Waals surface area (Å²) in [5.74, 6) is -2.09. The second-order valence-electron chi connectivity index (χ2n) is 19.3. The van der Waals surface area contributed by atoms with Crippen molar-refractivity contribution in [1.82, 2.24) is 0 Å². The van der Waals surface area contributed by atoms with Gasteiger partial charge in [-0.2, -0.15) is 0 Å². The molecule has 0 aromatic rings. The SMILES string of the molecule is CCCCCCCCCC[N+](C)(C)CCCCCCCCCC.CCCCCCCCCC[N+](C)(C)CCCCCCCCCC.O=C([O-])CCCCCCC(=O)[O-]. The second kappa shape index (κ2) is 48.5. The van der Waals surface area contributed by atoms with Crippen molar-refractivity contribution in [2.75, 3.05) is 54.4 Å². The molecular weight excluding hydrogens is 717 g/mol. The van der Waals surface area contributed by atoms with Crippen LogP contribution in [0, 0.1) is 0 Å². The van der Waals surface area contributed by atoms with Gasteiger partial charge in [-0.05, 0) is 77.0 Å². The molecule has 0 fully saturated rings. The number of nitrogens with zero attached hydrogens (tertiary/aromatic N) is 2. The zero-order chi connectivity index (χ0) is 43.9. The third kappa shape index (κ3) is 59.2. The van der Waals surface area contributed by atoms with Gasteiger partial charge >= 0.3 is 0 Å². The molecular formula is C52H108N2O4. The molecule has 0 N–H and O–H groups in total. The number of quaternary nitrogens is 2. The predicted molar refractivity (Wildman–Crippen MR) is 252 cm³/mol. The Morgan fingerprint density at radius 3 is 0.603 bits per heavy atom. The van der Waals surface area contributed by atoms with Crippen LogP contribution in [0.15, 0.2) is 0 Å². The minimum Gasteiger partial charge on any atom is -0.550 e. The van der Waals surface area contributed by atoms with Gasteiger partial charge in [-0.15, -0.1) is 0 Å². The lowest BCUT2D eigenvalue weighted by molar-refractivity contribution is -0.890. The molecule has 0 unspecified atom stereocenters. The van der Waals surface area contributed by atoms with E-state index in [2.05, 4.69) is 55.9 Å². The summed E-state index contributed by atoms with van der Waals surface area (Å²) in [6.45, 7) is 14.7. The van der Waals surface area contributed by atoms with Gasteiger partial charge in [-0.3, -0.25) is 0 Å². The van der Waals surface area contributed by atoms with Crippen LogP contribution < -0.4 is 10.2 Å². The minimum absolute atomic E-state index is 0.0608. The molecule has 58 heavy (non-hydrogen) atoms. The highest BCUT2D eigenvalue weighted by Gasteiger charge is 2.14. The number of carbonyl (C=O) groups is 2. The van der Waals surface area contributed by atoms with Crippen LogP contribution in [0.1, 0.15) is 272 Å². The van der Waals surface area contributed by atoms with E-state index in [0.717, 1.165) is 12.8 Å². The molecule has 0 aromatic heterocycles. The summed E-state index contributed by atoms with van der Waals surface area (Å²) >= 11 is 0. The smallest absolute Gasteiger partial charge is 0.0782 e. The third-order valence-corrected chi connectivity index (χ3v) is 12.0. The van der Waals surface area contributed by atoms with E-state index in [1.807, 2.05) is 0 Å². The maximum Gasteiger partial charge on any atom is 0.0782 e. The van der Waals surface area contributed by atoms with Crippen molar-refractivity contribution in [3.05, 3.63) is 0 Å². The number of hydrogen-bond acceptors (Lipinski definition) is 4. The summed E-state index contributed by atoms with van der Waals surface area (Å²) in [7, 11) is 9.73. The summed E-state index contributed by atoms with van der Waals surface area (Å²) < 4.78 is 2.48. The van der Waals surface area contributed by atoms with Crippen LogP contribution in [-0.4, -0.2) is 75.3 Å². The van der Waals surface area contributed by atoms with E-state index >= 15 is 0 Å². The molecule has 0 aliphatic heterocycles. The van der Waals surface area contributed by atoms with Gasteiger partial charge in [0.15, 0.2) is 0 Å². The summed E-state index contributed by atoms with van der Waals surface area (Å²) in [6, 6.07) is 0. The van der Waals surface area contributed by atoms with E-state index in [1.165, 1.54) is 241 Å². The number of rotatable bonds is 43. The van der Waals surface area contributed by atoms with Crippen LogP contribution in [0.3, 0.4) is 0 Å². The normalized spacial score (nSPS) is 11.5. The molecule has 0 spiro atoms. The zero-order valence-corrected chi connectivity index (χ0v) is 41.2. The van der Waals surface area contributed by atoms with Crippen LogP contribution in [0.25, 0.3) is 0 Å². The molecule has 0 saturated carbocycles. The number of aliphatic carboxylic acids is 2. The van der Waals surface area contributed by atoms with Crippen LogP contribution in [0.4, 0.5) is 0 Å². The van der Waals surface area contributed by atoms with E-state index in [4.69, 9.17) is 0 Å². The maximum absolute atomic E-state index is 9.92. The lowest BCUT2D eigenvalue weighted by atomic mass is 10.1. The molecule has 6 heteroatoms. The number of carboxylic acids is 2. The van der Waals surface area contributed by atoms with Crippen molar-refractivity contribution >= 4 is 11.9 Å². The summed E-state index contributed by atoms with van der Waals surface area (Å²) in [4.78, 5) is 19.8. The standard InChI is InChI=1S/2C22H48N.C8H14O4/c2*1-5-7-9-11-13-15-17-19-21-23(3,4)22-20-18-16-14-12-10-8-6-2;9-7(10)5-3-1-2-4-6-8(11)12/h2*5-22H2,1-4H3;1-6H2,(H,9,10)(H,11,12)/q2*+1;/p-2. The zero-order valence-electron chi connectivity index (χ0n) is 41.2. The second-order valence-corrected chi connectivity index (χ2v) is 19.3. The minimum atomic E-state index is -1.05. The molecule has 0 rings (SSSR count). The quantitative estimate of drug-likeness (QED) is 0.0453. The first-order chi connectivity index (χ1) is 27.9. The summed E-state index contributed by atoms with van der Waals surface area (Å²) in [5.41, 5.74) is 0. The fourth-order valence-electron chi connectivity index (χ4n) is 7.81. The Bertz CT molecular complexity index is 705. The molecule has 0 aliphatic carbocycles. The number of carboxylic acid groups (broad SMARTS) is 2. The molecule has 0 amide bonds. The summed E-state index contributed by atoms with van der Waals surface area (Å²) in [5, 5.41) is 19.8. The van der Waals surface area contributed by atoms with Crippen molar-refractivity contribution in [1.29, 1.82) is 0 Å². The van der Waals surface area contributed by atoms with Crippen LogP contribution in [-0.2, 0) is 9.59 Å². The monoisotopic (exact) mass is 825 g/mol. The van der Waals surface area contributed by atoms with E-state index in [9.17, 15) is 19.8 Å². The van der Waals surface area contributed by atoms with Crippen LogP contribution >= 0.6 is 0 Å². The maximum atomic E-state index is 9.92. The molecule has 350 valence electrons. The van der Waals surface area contributed by atoms with Gasteiger partial charge < -0.3 is 28.8 Å². The highest BCUT2D eigenvalue weighted by Crippen LogP contribution is 2.15. The Morgan fingerprint density at radius 2 is 0.431 bits per heavy atom. The van der Waals surface area contributed by atoms with Gasteiger partial charge in [0.05, 0.1) is 54.4 Å². The fourth-order valence-corrected chi connectivity index (χ4v) is 7.81. The predicted octanol–water partition coefficient (Wildman–Crippen LogP) is 13.5. The first kappa shape index (κ1) is 61.2. The lowest BCUT2D eigenvalue weighted by Crippen LogP contribution is -2.41. The van der Waals surface area contributed by atoms with Crippen molar-refractivity contribution < 1.29 is 28.8 Å². The average molecular weight is 825 g/mol. The molecule has 0 atom stereocenters. The molecule has 6 nitrogen and oxygen atoms in total. The van der Waals surface area contributed by atoms with Gasteiger partial charge in [-0.25, -0.2) is 0 Å². The van der Waals surface area contributed by atoms with E-state index in [-0.39, 0.29) is 12.8 Å². The topological polar surface area (TPSA) is 80.3 Å². The number of hydrogen-bond donors (Lipinski definition) is 0. The van der Waals surface area contributed by atoms with Crippen molar-refractivity contribution in [3.63, 3.8) is 0 Å². The molecule has 0 radical (unpaired) electrons. The van der Waals surface area contributed by atoms with Crippen LogP contribution in [0.2, 0.25) is 0 Å². The van der Waals surface area contributed by atoms with Crippen LogP contribution in [0.5, 0.6) is 0 Å². The Labute approximate surface area is 365 Å². The largest absolute Gasteiger partial charge is 0.550 e. The third-order valence-electron chi connectivity index (χ3n) is 12.0. The molecule has 0 aromatic carbocycles. The Balaban J connectivity index is -0.000000823. The number of unbranched alkanes of at least 4 members (excludes halogenated alkanes) is 31. The van der Waals surface area contributed by atoms with Gasteiger partial charge in [-0.1, -0.05) is 195 Å². The van der Waals surface area contributed by atoms with Gasteiger partial charge in [0.2, 0.25) is 0 Å². The number of carbonyl (C=O) groups excluding carboxylic acids is 2. The Morgan fingerprint density at radius 1 is 0.276 bits per heavy atom. The Hall–Kier alpha value is -1.14. The molecule has 0 bridgehead atoms. The van der Waals surface area contributed by atoms with E-state index in [0.29, 0.717) is 12.8 Å². The highest BCUT2D eigenvalue weighted by molar-refractivity contribution is 5.64. The fraction of sp³-hybridized carbons (Fsp3) is 0.962. The molecule has 0 heterocycles. The lowest BCUT2D eigenvalue weighted by Gasteiger charge is -2.30. The highest BCUT2D eigenvalue weighted by atomic mass is 16.4. The average Bonchev–Trinajstić information content (AvgIpc) is 3.17.